The molecule has 1 amide bonds. The van der Waals surface area contributed by atoms with Crippen molar-refractivity contribution in [1.82, 2.24) is 5.32 Å². The molecule has 0 radical (unpaired) electrons. The number of benzene rings is 1. The van der Waals surface area contributed by atoms with Crippen molar-refractivity contribution in [3.63, 3.8) is 0 Å². The van der Waals surface area contributed by atoms with E-state index in [9.17, 15) is 4.79 Å². The number of carbonyl (C=O) groups is 1. The van der Waals surface area contributed by atoms with E-state index in [1.807, 2.05) is 24.3 Å². The van der Waals surface area contributed by atoms with Crippen LogP contribution in [0.15, 0.2) is 24.3 Å². The van der Waals surface area contributed by atoms with E-state index in [-0.39, 0.29) is 11.4 Å². The number of nitrogens with two attached hydrogens (primary N) is 1. The van der Waals surface area contributed by atoms with Gasteiger partial charge in [0.2, 0.25) is 5.91 Å². The van der Waals surface area contributed by atoms with Crippen LogP contribution < -0.4 is 15.8 Å². The summed E-state index contributed by atoms with van der Waals surface area (Å²) in [4.78, 5) is 11.9. The molecule has 0 heterocycles. The molecule has 0 aliphatic heterocycles. The third kappa shape index (κ3) is 3.47. The maximum absolute atomic E-state index is 11.9. The number of rotatable bonds is 6. The molecule has 1 aliphatic carbocycles. The van der Waals surface area contributed by atoms with Crippen LogP contribution in [0.4, 0.5) is 0 Å². The lowest BCUT2D eigenvalue weighted by Crippen LogP contribution is -2.58. The second-order valence-corrected chi connectivity index (χ2v) is 5.23. The number of aryl methyl sites for hydroxylation is 1. The van der Waals surface area contributed by atoms with Gasteiger partial charge in [-0.1, -0.05) is 12.1 Å². The second-order valence-electron chi connectivity index (χ2n) is 5.23. The van der Waals surface area contributed by atoms with E-state index >= 15 is 0 Å². The van der Waals surface area contributed by atoms with E-state index in [1.165, 1.54) is 0 Å². The van der Waals surface area contributed by atoms with Crippen molar-refractivity contribution in [3.8, 4) is 5.75 Å². The van der Waals surface area contributed by atoms with Gasteiger partial charge in [-0.3, -0.25) is 4.79 Å². The monoisotopic (exact) mass is 262 g/mol. The van der Waals surface area contributed by atoms with Gasteiger partial charge < -0.3 is 15.8 Å². The molecule has 0 unspecified atom stereocenters. The number of methoxy groups -OCH3 is 1. The van der Waals surface area contributed by atoms with E-state index in [4.69, 9.17) is 10.5 Å². The normalized spacial score (nSPS) is 16.5. The lowest BCUT2D eigenvalue weighted by atomic mass is 9.76. The third-order valence-corrected chi connectivity index (χ3v) is 3.91. The number of hydrogen-bond acceptors (Lipinski definition) is 3. The van der Waals surface area contributed by atoms with Crippen molar-refractivity contribution in [3.05, 3.63) is 29.8 Å². The first-order valence-corrected chi connectivity index (χ1v) is 6.81. The standard InChI is InChI=1S/C15H22N2O2/c1-19-13-6-3-12(4-7-13)5-8-14(18)17-15(11-16)9-2-10-15/h3-4,6-7H,2,5,8-11,16H2,1H3,(H,17,18). The molecule has 1 aromatic rings. The van der Waals surface area contributed by atoms with Gasteiger partial charge in [-0.2, -0.15) is 0 Å². The van der Waals surface area contributed by atoms with Gasteiger partial charge in [0.25, 0.3) is 0 Å². The molecule has 1 aliphatic rings. The van der Waals surface area contributed by atoms with Gasteiger partial charge in [-0.05, 0) is 43.4 Å². The maximum Gasteiger partial charge on any atom is 0.220 e. The Balaban J connectivity index is 1.79. The van der Waals surface area contributed by atoms with E-state index in [1.54, 1.807) is 7.11 Å². The average Bonchev–Trinajstić information content (AvgIpc) is 2.41. The molecule has 3 N–H and O–H groups in total. The van der Waals surface area contributed by atoms with Crippen molar-refractivity contribution >= 4 is 5.91 Å². The van der Waals surface area contributed by atoms with Crippen LogP contribution in [0.3, 0.4) is 0 Å². The Kier molecular flexibility index (Phi) is 4.43. The number of hydrogen-bond donors (Lipinski definition) is 2. The fourth-order valence-electron chi connectivity index (χ4n) is 2.39. The highest BCUT2D eigenvalue weighted by Gasteiger charge is 2.36. The van der Waals surface area contributed by atoms with Crippen molar-refractivity contribution in [2.24, 2.45) is 5.73 Å². The van der Waals surface area contributed by atoms with Gasteiger partial charge in [0.05, 0.1) is 12.6 Å². The first kappa shape index (κ1) is 13.9. The van der Waals surface area contributed by atoms with Crippen LogP contribution in [0.25, 0.3) is 0 Å². The van der Waals surface area contributed by atoms with E-state index in [2.05, 4.69) is 5.32 Å². The zero-order chi connectivity index (χ0) is 13.7. The number of amides is 1. The van der Waals surface area contributed by atoms with Crippen molar-refractivity contribution < 1.29 is 9.53 Å². The Labute approximate surface area is 114 Å². The molecule has 1 aromatic carbocycles. The minimum absolute atomic E-state index is 0.0981. The minimum Gasteiger partial charge on any atom is -0.497 e. The first-order chi connectivity index (χ1) is 9.17. The molecule has 1 fully saturated rings. The highest BCUT2D eigenvalue weighted by Crippen LogP contribution is 2.30. The first-order valence-electron chi connectivity index (χ1n) is 6.81. The second kappa shape index (κ2) is 6.06. The van der Waals surface area contributed by atoms with Crippen LogP contribution >= 0.6 is 0 Å². The topological polar surface area (TPSA) is 64.3 Å². The largest absolute Gasteiger partial charge is 0.497 e. The summed E-state index contributed by atoms with van der Waals surface area (Å²) in [7, 11) is 1.65. The molecule has 0 spiro atoms. The van der Waals surface area contributed by atoms with Crippen molar-refractivity contribution in [2.75, 3.05) is 13.7 Å². The summed E-state index contributed by atoms with van der Waals surface area (Å²) >= 11 is 0. The third-order valence-electron chi connectivity index (χ3n) is 3.91. The Morgan fingerprint density at radius 2 is 2.05 bits per heavy atom. The fourth-order valence-corrected chi connectivity index (χ4v) is 2.39. The lowest BCUT2D eigenvalue weighted by Gasteiger charge is -2.41. The Morgan fingerprint density at radius 3 is 2.53 bits per heavy atom. The number of carbonyl (C=O) groups excluding carboxylic acids is 1. The summed E-state index contributed by atoms with van der Waals surface area (Å²) in [5.74, 6) is 0.936. The van der Waals surface area contributed by atoms with Gasteiger partial charge in [-0.15, -0.1) is 0 Å². The molecule has 4 nitrogen and oxygen atoms in total. The maximum atomic E-state index is 11.9. The molecule has 0 bridgehead atoms. The zero-order valence-corrected chi connectivity index (χ0v) is 11.4. The molecule has 2 rings (SSSR count). The molecule has 19 heavy (non-hydrogen) atoms. The summed E-state index contributed by atoms with van der Waals surface area (Å²) in [5.41, 5.74) is 6.76. The van der Waals surface area contributed by atoms with Gasteiger partial charge in [-0.25, -0.2) is 0 Å². The SMILES string of the molecule is COc1ccc(CCC(=O)NC2(CN)CCC2)cc1. The number of nitrogens with one attached hydrogen (secondary N) is 1. The quantitative estimate of drug-likeness (QED) is 0.819. The van der Waals surface area contributed by atoms with Gasteiger partial charge in [0.15, 0.2) is 0 Å². The summed E-state index contributed by atoms with van der Waals surface area (Å²) in [6.45, 7) is 0.543. The minimum atomic E-state index is -0.114. The molecular formula is C15H22N2O2. The summed E-state index contributed by atoms with van der Waals surface area (Å²) < 4.78 is 5.10. The Morgan fingerprint density at radius 1 is 1.37 bits per heavy atom. The zero-order valence-electron chi connectivity index (χ0n) is 11.4. The van der Waals surface area contributed by atoms with Crippen LogP contribution in [0.2, 0.25) is 0 Å². The molecule has 1 saturated carbocycles. The molecule has 0 aromatic heterocycles. The van der Waals surface area contributed by atoms with Crippen LogP contribution in [0, 0.1) is 0 Å². The van der Waals surface area contributed by atoms with E-state index in [0.717, 1.165) is 37.0 Å². The van der Waals surface area contributed by atoms with Crippen molar-refractivity contribution in [2.45, 2.75) is 37.6 Å². The Bertz CT molecular complexity index is 419. The Hall–Kier alpha value is -1.55. The van der Waals surface area contributed by atoms with Gasteiger partial charge in [0, 0.05) is 13.0 Å². The van der Waals surface area contributed by atoms with Crippen LogP contribution in [0.1, 0.15) is 31.2 Å². The predicted octanol–water partition coefficient (Wildman–Crippen LogP) is 1.63. The molecule has 0 saturated heterocycles. The summed E-state index contributed by atoms with van der Waals surface area (Å²) in [6, 6.07) is 7.82. The van der Waals surface area contributed by atoms with Crippen LogP contribution in [-0.4, -0.2) is 25.1 Å². The summed E-state index contributed by atoms with van der Waals surface area (Å²) in [5, 5.41) is 3.08. The number of ether oxygens (including phenoxy) is 1. The smallest absolute Gasteiger partial charge is 0.220 e. The van der Waals surface area contributed by atoms with Crippen molar-refractivity contribution in [1.29, 1.82) is 0 Å². The lowest BCUT2D eigenvalue weighted by molar-refractivity contribution is -0.123. The van der Waals surface area contributed by atoms with Gasteiger partial charge in [0.1, 0.15) is 5.75 Å². The molecule has 0 atom stereocenters. The van der Waals surface area contributed by atoms with Gasteiger partial charge >= 0.3 is 0 Å². The average molecular weight is 262 g/mol. The summed E-state index contributed by atoms with van der Waals surface area (Å²) in [6.07, 6.45) is 4.44. The molecule has 104 valence electrons. The highest BCUT2D eigenvalue weighted by molar-refractivity contribution is 5.77. The molecular weight excluding hydrogens is 240 g/mol. The van der Waals surface area contributed by atoms with E-state index < -0.39 is 0 Å². The van der Waals surface area contributed by atoms with Crippen LogP contribution in [-0.2, 0) is 11.2 Å². The predicted molar refractivity (Wildman–Crippen MR) is 75.1 cm³/mol. The van der Waals surface area contributed by atoms with Crippen LogP contribution in [0.5, 0.6) is 5.75 Å². The fraction of sp³-hybridized carbons (Fsp3) is 0.533. The highest BCUT2D eigenvalue weighted by atomic mass is 16.5. The molecule has 4 heteroatoms. The van der Waals surface area contributed by atoms with E-state index in [0.29, 0.717) is 13.0 Å².